The topological polar surface area (TPSA) is 26.9 Å². The molecule has 0 fully saturated rings. The Morgan fingerprint density at radius 1 is 1.19 bits per heavy atom. The molecule has 3 heteroatoms. The highest BCUT2D eigenvalue weighted by Gasteiger charge is 2.11. The molecule has 84 valence electrons. The van der Waals surface area contributed by atoms with Gasteiger partial charge in [0.15, 0.2) is 0 Å². The molecule has 0 spiro atoms. The van der Waals surface area contributed by atoms with Crippen molar-refractivity contribution in [2.75, 3.05) is 0 Å². The average molecular weight is 216 g/mol. The highest BCUT2D eigenvalue weighted by atomic mass is 16.1. The van der Waals surface area contributed by atoms with Gasteiger partial charge in [0.25, 0.3) is 0 Å². The molecule has 0 bridgehead atoms. The van der Waals surface area contributed by atoms with Crippen LogP contribution in [-0.4, -0.2) is 9.13 Å². The molecule has 0 radical (unpaired) electrons. The van der Waals surface area contributed by atoms with Crippen LogP contribution in [0.15, 0.2) is 23.5 Å². The zero-order valence-corrected chi connectivity index (χ0v) is 10.2. The van der Waals surface area contributed by atoms with Crippen LogP contribution in [0.4, 0.5) is 0 Å². The summed E-state index contributed by atoms with van der Waals surface area (Å²) in [7, 11) is 1.79. The Hall–Kier alpha value is -1.77. The summed E-state index contributed by atoms with van der Waals surface area (Å²) in [5.41, 5.74) is 4.99. The second kappa shape index (κ2) is 3.37. The van der Waals surface area contributed by atoms with E-state index >= 15 is 0 Å². The van der Waals surface area contributed by atoms with Crippen molar-refractivity contribution in [2.45, 2.75) is 20.8 Å². The maximum Gasteiger partial charge on any atom is 0.333 e. The van der Waals surface area contributed by atoms with Crippen LogP contribution in [-0.2, 0) is 7.05 Å². The fraction of sp³-hybridized carbons (Fsp3) is 0.308. The molecule has 0 N–H and O–H groups in total. The summed E-state index contributed by atoms with van der Waals surface area (Å²) in [6.07, 6.45) is 0. The maximum atomic E-state index is 12.0. The number of aromatic nitrogens is 2. The molecule has 1 heterocycles. The first-order valence-corrected chi connectivity index (χ1v) is 5.28. The highest BCUT2D eigenvalue weighted by Crippen LogP contribution is 2.19. The summed E-state index contributed by atoms with van der Waals surface area (Å²) < 4.78 is 3.32. The number of rotatable bonds is 1. The van der Waals surface area contributed by atoms with E-state index in [1.807, 2.05) is 19.1 Å². The van der Waals surface area contributed by atoms with Gasteiger partial charge < -0.3 is 0 Å². The SMILES string of the molecule is C=C(C)n1c(=O)n(C)c2cc(C)c(C)cc21. The van der Waals surface area contributed by atoms with Crippen molar-refractivity contribution in [3.05, 3.63) is 40.3 Å². The van der Waals surface area contributed by atoms with Gasteiger partial charge in [-0.1, -0.05) is 6.58 Å². The summed E-state index contributed by atoms with van der Waals surface area (Å²) in [5, 5.41) is 0. The number of imidazole rings is 1. The van der Waals surface area contributed by atoms with Gasteiger partial charge in [0.1, 0.15) is 0 Å². The molecule has 0 atom stereocenters. The summed E-state index contributed by atoms with van der Waals surface area (Å²) in [4.78, 5) is 12.0. The van der Waals surface area contributed by atoms with Crippen molar-refractivity contribution in [3.63, 3.8) is 0 Å². The van der Waals surface area contributed by atoms with Crippen molar-refractivity contribution in [1.29, 1.82) is 0 Å². The number of fused-ring (bicyclic) bond motifs is 1. The zero-order chi connectivity index (χ0) is 12.0. The Labute approximate surface area is 94.6 Å². The second-order valence-corrected chi connectivity index (χ2v) is 4.34. The molecular formula is C13H16N2O. The third-order valence-corrected chi connectivity index (χ3v) is 3.05. The molecule has 0 unspecified atom stereocenters. The minimum atomic E-state index is -0.0347. The lowest BCUT2D eigenvalue weighted by molar-refractivity contribution is 0.852. The van der Waals surface area contributed by atoms with Gasteiger partial charge >= 0.3 is 5.69 Å². The van der Waals surface area contributed by atoms with E-state index in [1.165, 1.54) is 11.1 Å². The molecule has 0 saturated heterocycles. The van der Waals surface area contributed by atoms with Gasteiger partial charge in [-0.05, 0) is 44.0 Å². The molecule has 16 heavy (non-hydrogen) atoms. The number of benzene rings is 1. The normalized spacial score (nSPS) is 11.0. The van der Waals surface area contributed by atoms with Crippen LogP contribution in [0.3, 0.4) is 0 Å². The lowest BCUT2D eigenvalue weighted by atomic mass is 10.1. The Balaban J connectivity index is 3.03. The third-order valence-electron chi connectivity index (χ3n) is 3.05. The molecule has 1 aromatic carbocycles. The Bertz CT molecular complexity index is 644. The first kappa shape index (κ1) is 10.7. The molecule has 1 aromatic heterocycles. The largest absolute Gasteiger partial charge is 0.333 e. The fourth-order valence-electron chi connectivity index (χ4n) is 1.96. The van der Waals surface area contributed by atoms with Gasteiger partial charge in [-0.25, -0.2) is 4.79 Å². The number of allylic oxidation sites excluding steroid dienone is 1. The van der Waals surface area contributed by atoms with Crippen LogP contribution >= 0.6 is 0 Å². The smallest absolute Gasteiger partial charge is 0.295 e. The summed E-state index contributed by atoms with van der Waals surface area (Å²) in [5.74, 6) is 0. The van der Waals surface area contributed by atoms with Gasteiger partial charge in [-0.15, -0.1) is 0 Å². The standard InChI is InChI=1S/C13H16N2O/c1-8(2)15-12-7-10(4)9(3)6-11(12)14(5)13(15)16/h6-7H,1H2,2-5H3. The van der Waals surface area contributed by atoms with Gasteiger partial charge in [-0.2, -0.15) is 0 Å². The second-order valence-electron chi connectivity index (χ2n) is 4.34. The fourth-order valence-corrected chi connectivity index (χ4v) is 1.96. The minimum absolute atomic E-state index is 0.0347. The van der Waals surface area contributed by atoms with Crippen LogP contribution in [0.2, 0.25) is 0 Å². The summed E-state index contributed by atoms with van der Waals surface area (Å²) in [6.45, 7) is 9.80. The van der Waals surface area contributed by atoms with Crippen LogP contribution < -0.4 is 5.69 Å². The quantitative estimate of drug-likeness (QED) is 0.719. The van der Waals surface area contributed by atoms with Gasteiger partial charge in [0, 0.05) is 12.7 Å². The Kier molecular flexibility index (Phi) is 2.26. The van der Waals surface area contributed by atoms with Gasteiger partial charge in [-0.3, -0.25) is 9.13 Å². The molecule has 0 amide bonds. The number of nitrogens with zero attached hydrogens (tertiary/aromatic N) is 2. The molecule has 3 nitrogen and oxygen atoms in total. The molecule has 0 aliphatic heterocycles. The molecule has 0 aliphatic rings. The lowest BCUT2D eigenvalue weighted by Crippen LogP contribution is -2.20. The van der Waals surface area contributed by atoms with E-state index in [-0.39, 0.29) is 5.69 Å². The van der Waals surface area contributed by atoms with E-state index in [0.29, 0.717) is 0 Å². The third kappa shape index (κ3) is 1.32. The van der Waals surface area contributed by atoms with Gasteiger partial charge in [0.2, 0.25) is 0 Å². The van der Waals surface area contributed by atoms with Crippen molar-refractivity contribution >= 4 is 16.7 Å². The number of aryl methyl sites for hydroxylation is 3. The Morgan fingerprint density at radius 2 is 1.69 bits per heavy atom. The summed E-state index contributed by atoms with van der Waals surface area (Å²) >= 11 is 0. The predicted octanol–water partition coefficient (Wildman–Crippen LogP) is 2.45. The Morgan fingerprint density at radius 3 is 2.19 bits per heavy atom. The number of hydrogen-bond donors (Lipinski definition) is 0. The molecule has 2 rings (SSSR count). The first-order chi connectivity index (χ1) is 7.43. The van der Waals surface area contributed by atoms with Crippen molar-refractivity contribution in [3.8, 4) is 0 Å². The molecular weight excluding hydrogens is 200 g/mol. The van der Waals surface area contributed by atoms with E-state index in [9.17, 15) is 4.79 Å². The van der Waals surface area contributed by atoms with Crippen LogP contribution in [0, 0.1) is 13.8 Å². The maximum absolute atomic E-state index is 12.0. The predicted molar refractivity (Wildman–Crippen MR) is 67.7 cm³/mol. The first-order valence-electron chi connectivity index (χ1n) is 5.28. The van der Waals surface area contributed by atoms with Crippen molar-refractivity contribution in [2.24, 2.45) is 7.05 Å². The molecule has 0 aliphatic carbocycles. The van der Waals surface area contributed by atoms with Crippen molar-refractivity contribution in [1.82, 2.24) is 9.13 Å². The monoisotopic (exact) mass is 216 g/mol. The average Bonchev–Trinajstić information content (AvgIpc) is 2.42. The minimum Gasteiger partial charge on any atom is -0.295 e. The lowest BCUT2D eigenvalue weighted by Gasteiger charge is -2.03. The van der Waals surface area contributed by atoms with E-state index in [4.69, 9.17) is 0 Å². The summed E-state index contributed by atoms with van der Waals surface area (Å²) in [6, 6.07) is 4.09. The van der Waals surface area contributed by atoms with E-state index in [1.54, 1.807) is 16.2 Å². The van der Waals surface area contributed by atoms with Crippen LogP contribution in [0.5, 0.6) is 0 Å². The van der Waals surface area contributed by atoms with Crippen LogP contribution in [0.1, 0.15) is 18.1 Å². The van der Waals surface area contributed by atoms with E-state index in [2.05, 4.69) is 20.4 Å². The van der Waals surface area contributed by atoms with E-state index in [0.717, 1.165) is 16.7 Å². The highest BCUT2D eigenvalue weighted by molar-refractivity contribution is 5.81. The van der Waals surface area contributed by atoms with E-state index < -0.39 is 0 Å². The van der Waals surface area contributed by atoms with Crippen LogP contribution in [0.25, 0.3) is 16.7 Å². The van der Waals surface area contributed by atoms with Crippen molar-refractivity contribution < 1.29 is 0 Å². The molecule has 2 aromatic rings. The molecule has 0 saturated carbocycles. The number of hydrogen-bond acceptors (Lipinski definition) is 1. The zero-order valence-electron chi connectivity index (χ0n) is 10.2. The van der Waals surface area contributed by atoms with Gasteiger partial charge in [0.05, 0.1) is 11.0 Å².